The van der Waals surface area contributed by atoms with E-state index in [9.17, 15) is 0 Å². The van der Waals surface area contributed by atoms with Gasteiger partial charge in [-0.15, -0.1) is 23.5 Å². The normalized spacial score (nSPS) is 9.89. The molecule has 0 saturated heterocycles. The minimum Gasteiger partial charge on any atom is -1.00 e. The number of thioether (sulfide) groups is 2. The Balaban J connectivity index is 0.00000162. The van der Waals surface area contributed by atoms with E-state index in [-0.39, 0.29) is 24.0 Å². The Morgan fingerprint density at radius 3 is 1.44 bits per heavy atom. The van der Waals surface area contributed by atoms with E-state index in [1.54, 1.807) is 0 Å². The summed E-state index contributed by atoms with van der Waals surface area (Å²) in [5.74, 6) is 0. The fourth-order valence-electron chi connectivity index (χ4n) is 1.33. The summed E-state index contributed by atoms with van der Waals surface area (Å²) >= 11 is 3.74. The van der Waals surface area contributed by atoms with Crippen LogP contribution in [0.4, 0.5) is 0 Å². The molecule has 5 heteroatoms. The molecular weight excluding hydrogens is 375 g/mol. The number of aryl methyl sites for hydroxylation is 2. The zero-order valence-electron chi connectivity index (χ0n) is 10.4. The van der Waals surface area contributed by atoms with Gasteiger partial charge in [0.2, 0.25) is 0 Å². The van der Waals surface area contributed by atoms with Gasteiger partial charge in [0.25, 0.3) is 0 Å². The van der Waals surface area contributed by atoms with E-state index in [0.717, 1.165) is 5.08 Å². The number of hydrogen-bond acceptors (Lipinski definition) is 2. The molecule has 0 unspecified atom stereocenters. The molecule has 2 aromatic heterocycles. The first-order chi connectivity index (χ1) is 8.24. The Labute approximate surface area is 134 Å². The summed E-state index contributed by atoms with van der Waals surface area (Å²) in [7, 11) is 4.07. The standard InChI is InChI=1S/C13H16N2S2.HI/c1-14-7-3-12(4-8-14)16-11-17-13-5-9-15(2)10-6-13;/h3-10H,11H2,1-2H3;1H/q+2;/p-1. The monoisotopic (exact) mass is 391 g/mol. The molecule has 0 aliphatic carbocycles. The summed E-state index contributed by atoms with van der Waals surface area (Å²) < 4.78 is 4.10. The smallest absolute Gasteiger partial charge is 0.169 e. The number of pyridine rings is 2. The first-order valence-corrected chi connectivity index (χ1v) is 7.37. The Morgan fingerprint density at radius 1 is 0.778 bits per heavy atom. The third kappa shape index (κ3) is 5.16. The van der Waals surface area contributed by atoms with Crippen LogP contribution in [0.3, 0.4) is 0 Å². The maximum Gasteiger partial charge on any atom is 0.169 e. The topological polar surface area (TPSA) is 7.76 Å². The fourth-order valence-corrected chi connectivity index (χ4v) is 3.29. The van der Waals surface area contributed by atoms with Crippen molar-refractivity contribution in [2.45, 2.75) is 9.79 Å². The summed E-state index contributed by atoms with van der Waals surface area (Å²) in [5, 5.41) is 1.04. The highest BCUT2D eigenvalue weighted by atomic mass is 127. The molecular formula is C13H16IN2S2+. The minimum absolute atomic E-state index is 0. The molecule has 0 saturated carbocycles. The molecule has 2 aromatic rings. The van der Waals surface area contributed by atoms with Crippen molar-refractivity contribution in [1.29, 1.82) is 0 Å². The Hall–Kier alpha value is -0.270. The molecule has 0 N–H and O–H groups in total. The maximum atomic E-state index is 2.15. The molecule has 0 aliphatic rings. The summed E-state index contributed by atoms with van der Waals surface area (Å²) in [4.78, 5) is 2.63. The van der Waals surface area contributed by atoms with Gasteiger partial charge in [0.15, 0.2) is 24.8 Å². The van der Waals surface area contributed by atoms with Crippen molar-refractivity contribution in [1.82, 2.24) is 0 Å². The third-order valence-corrected chi connectivity index (χ3v) is 4.50. The lowest BCUT2D eigenvalue weighted by atomic mass is 10.5. The van der Waals surface area contributed by atoms with Crippen LogP contribution in [0.25, 0.3) is 0 Å². The molecule has 0 aliphatic heterocycles. The lowest BCUT2D eigenvalue weighted by Gasteiger charge is -2.00. The van der Waals surface area contributed by atoms with Crippen LogP contribution in [-0.4, -0.2) is 5.08 Å². The summed E-state index contributed by atoms with van der Waals surface area (Å²) in [6.45, 7) is 0. The lowest BCUT2D eigenvalue weighted by molar-refractivity contribution is -0.671. The molecule has 0 radical (unpaired) electrons. The highest BCUT2D eigenvalue weighted by molar-refractivity contribution is 8.16. The van der Waals surface area contributed by atoms with Gasteiger partial charge < -0.3 is 24.0 Å². The molecule has 2 heterocycles. The number of halogens is 1. The van der Waals surface area contributed by atoms with Crippen LogP contribution in [-0.2, 0) is 14.1 Å². The number of hydrogen-bond donors (Lipinski definition) is 0. The van der Waals surface area contributed by atoms with Gasteiger partial charge >= 0.3 is 0 Å². The largest absolute Gasteiger partial charge is 1.00 e. The van der Waals surface area contributed by atoms with E-state index in [4.69, 9.17) is 0 Å². The predicted molar refractivity (Wildman–Crippen MR) is 71.8 cm³/mol. The molecule has 0 atom stereocenters. The average Bonchev–Trinajstić information content (AvgIpc) is 2.34. The molecule has 18 heavy (non-hydrogen) atoms. The van der Waals surface area contributed by atoms with Gasteiger partial charge in [-0.3, -0.25) is 0 Å². The second kappa shape index (κ2) is 8.01. The van der Waals surface area contributed by atoms with Gasteiger partial charge in [-0.1, -0.05) is 0 Å². The van der Waals surface area contributed by atoms with Crippen LogP contribution in [0, 0.1) is 0 Å². The number of aromatic nitrogens is 2. The SMILES string of the molecule is C[n+]1ccc(SCSc2cc[n+](C)cc2)cc1.[I-]. The van der Waals surface area contributed by atoms with Gasteiger partial charge in [0.1, 0.15) is 14.1 Å². The minimum atomic E-state index is 0. The molecule has 0 amide bonds. The van der Waals surface area contributed by atoms with Crippen molar-refractivity contribution in [2.75, 3.05) is 5.08 Å². The van der Waals surface area contributed by atoms with E-state index >= 15 is 0 Å². The van der Waals surface area contributed by atoms with Crippen LogP contribution in [0.5, 0.6) is 0 Å². The Morgan fingerprint density at radius 2 is 1.11 bits per heavy atom. The van der Waals surface area contributed by atoms with E-state index in [0.29, 0.717) is 0 Å². The number of nitrogens with zero attached hydrogens (tertiary/aromatic N) is 2. The molecule has 2 nitrogen and oxygen atoms in total. The van der Waals surface area contributed by atoms with E-state index in [1.807, 2.05) is 46.8 Å². The van der Waals surface area contributed by atoms with Crippen LogP contribution in [0.2, 0.25) is 0 Å². The van der Waals surface area contributed by atoms with Crippen molar-refractivity contribution in [3.8, 4) is 0 Å². The maximum absolute atomic E-state index is 2.15. The summed E-state index contributed by atoms with van der Waals surface area (Å²) in [5.41, 5.74) is 0. The van der Waals surface area contributed by atoms with Gasteiger partial charge in [0, 0.05) is 39.1 Å². The first-order valence-electron chi connectivity index (χ1n) is 5.40. The lowest BCUT2D eigenvalue weighted by Crippen LogP contribution is -3.00. The fraction of sp³-hybridized carbons (Fsp3) is 0.231. The highest BCUT2D eigenvalue weighted by Gasteiger charge is 1.99. The molecule has 0 spiro atoms. The molecule has 96 valence electrons. The van der Waals surface area contributed by atoms with Gasteiger partial charge in [0.05, 0.1) is 0 Å². The second-order valence-corrected chi connectivity index (χ2v) is 6.27. The molecule has 2 rings (SSSR count). The molecule has 0 fully saturated rings. The van der Waals surface area contributed by atoms with Crippen molar-refractivity contribution in [3.05, 3.63) is 49.1 Å². The van der Waals surface area contributed by atoms with E-state index in [1.165, 1.54) is 9.79 Å². The van der Waals surface area contributed by atoms with E-state index < -0.39 is 0 Å². The van der Waals surface area contributed by atoms with Crippen LogP contribution >= 0.6 is 23.5 Å². The van der Waals surface area contributed by atoms with Gasteiger partial charge in [-0.2, -0.15) is 0 Å². The Kier molecular flexibility index (Phi) is 7.03. The van der Waals surface area contributed by atoms with Crippen LogP contribution in [0.15, 0.2) is 58.8 Å². The molecule has 0 bridgehead atoms. The van der Waals surface area contributed by atoms with Gasteiger partial charge in [-0.25, -0.2) is 9.13 Å². The van der Waals surface area contributed by atoms with Gasteiger partial charge in [-0.05, 0) is 0 Å². The van der Waals surface area contributed by atoms with Crippen molar-refractivity contribution < 1.29 is 33.1 Å². The van der Waals surface area contributed by atoms with Crippen molar-refractivity contribution >= 4 is 23.5 Å². The second-order valence-electron chi connectivity index (χ2n) is 3.81. The zero-order valence-corrected chi connectivity index (χ0v) is 14.2. The number of rotatable bonds is 4. The quantitative estimate of drug-likeness (QED) is 0.291. The first kappa shape index (κ1) is 15.8. The zero-order chi connectivity index (χ0) is 12.1. The van der Waals surface area contributed by atoms with Crippen LogP contribution in [0.1, 0.15) is 0 Å². The Bertz CT molecular complexity index is 426. The van der Waals surface area contributed by atoms with Crippen molar-refractivity contribution in [3.63, 3.8) is 0 Å². The van der Waals surface area contributed by atoms with E-state index in [2.05, 4.69) is 49.1 Å². The van der Waals surface area contributed by atoms with Crippen LogP contribution < -0.4 is 33.1 Å². The average molecular weight is 391 g/mol. The predicted octanol–water partition coefficient (Wildman–Crippen LogP) is -0.818. The summed E-state index contributed by atoms with van der Waals surface area (Å²) in [6, 6.07) is 8.60. The third-order valence-electron chi connectivity index (χ3n) is 2.35. The molecule has 0 aromatic carbocycles. The van der Waals surface area contributed by atoms with Crippen molar-refractivity contribution in [2.24, 2.45) is 14.1 Å². The summed E-state index contributed by atoms with van der Waals surface area (Å²) in [6.07, 6.45) is 8.32. The highest BCUT2D eigenvalue weighted by Crippen LogP contribution is 2.26.